The number of piperidine rings is 1. The predicted octanol–water partition coefficient (Wildman–Crippen LogP) is 4.39. The standard InChI is InChI=1S/C22H26N2O/c1-16-4-2-5-18(14-16)22(25)15-24-12-9-17(10-13-24)19-6-3-7-21-20(19)8-11-23-21/h2-8,11,14,17,22-23,25H,9-10,12-13,15H2,1H3. The third kappa shape index (κ3) is 3.48. The van der Waals surface area contributed by atoms with E-state index in [1.165, 1.54) is 22.0 Å². The molecule has 1 fully saturated rings. The molecule has 0 radical (unpaired) electrons. The largest absolute Gasteiger partial charge is 0.387 e. The van der Waals surface area contributed by atoms with E-state index in [0.717, 1.165) is 38.0 Å². The Labute approximate surface area is 149 Å². The SMILES string of the molecule is Cc1cccc(C(O)CN2CCC(c3cccc4[nH]ccc34)CC2)c1. The molecule has 1 aliphatic rings. The minimum Gasteiger partial charge on any atom is -0.387 e. The number of aromatic amines is 1. The predicted molar refractivity (Wildman–Crippen MR) is 103 cm³/mol. The zero-order valence-electron chi connectivity index (χ0n) is 14.8. The van der Waals surface area contributed by atoms with Crippen molar-refractivity contribution < 1.29 is 5.11 Å². The van der Waals surface area contributed by atoms with Crippen molar-refractivity contribution in [2.45, 2.75) is 31.8 Å². The molecule has 3 aromatic rings. The van der Waals surface area contributed by atoms with Gasteiger partial charge in [0.2, 0.25) is 0 Å². The highest BCUT2D eigenvalue weighted by atomic mass is 16.3. The van der Waals surface area contributed by atoms with Gasteiger partial charge in [0.05, 0.1) is 6.10 Å². The molecule has 3 nitrogen and oxygen atoms in total. The maximum absolute atomic E-state index is 10.5. The highest BCUT2D eigenvalue weighted by Crippen LogP contribution is 2.33. The van der Waals surface area contributed by atoms with Crippen molar-refractivity contribution in [3.05, 3.63) is 71.4 Å². The third-order valence-corrected chi connectivity index (χ3v) is 5.51. The summed E-state index contributed by atoms with van der Waals surface area (Å²) in [6.45, 7) is 4.90. The van der Waals surface area contributed by atoms with E-state index in [4.69, 9.17) is 0 Å². The number of fused-ring (bicyclic) bond motifs is 1. The number of hydrogen-bond acceptors (Lipinski definition) is 2. The fourth-order valence-corrected chi connectivity index (χ4v) is 4.12. The molecule has 0 saturated carbocycles. The van der Waals surface area contributed by atoms with Crippen molar-refractivity contribution >= 4 is 10.9 Å². The van der Waals surface area contributed by atoms with E-state index in [0.29, 0.717) is 5.92 Å². The number of nitrogens with zero attached hydrogens (tertiary/aromatic N) is 1. The first kappa shape index (κ1) is 16.4. The third-order valence-electron chi connectivity index (χ3n) is 5.51. The van der Waals surface area contributed by atoms with Crippen molar-refractivity contribution in [1.82, 2.24) is 9.88 Å². The van der Waals surface area contributed by atoms with E-state index in [9.17, 15) is 5.11 Å². The molecule has 2 N–H and O–H groups in total. The molecule has 0 bridgehead atoms. The molecule has 1 unspecified atom stereocenters. The molecule has 3 heteroatoms. The molecule has 1 aliphatic heterocycles. The lowest BCUT2D eigenvalue weighted by molar-refractivity contribution is 0.0973. The second-order valence-corrected chi connectivity index (χ2v) is 7.29. The van der Waals surface area contributed by atoms with E-state index in [1.54, 1.807) is 0 Å². The second kappa shape index (κ2) is 7.03. The van der Waals surface area contributed by atoms with Gasteiger partial charge >= 0.3 is 0 Å². The Kier molecular flexibility index (Phi) is 4.60. The van der Waals surface area contributed by atoms with Gasteiger partial charge in [-0.3, -0.25) is 0 Å². The zero-order chi connectivity index (χ0) is 17.2. The number of aliphatic hydroxyl groups excluding tert-OH is 1. The van der Waals surface area contributed by atoms with Crippen LogP contribution in [0, 0.1) is 6.92 Å². The van der Waals surface area contributed by atoms with Crippen LogP contribution in [0.1, 0.15) is 41.6 Å². The summed E-state index contributed by atoms with van der Waals surface area (Å²) in [4.78, 5) is 5.72. The molecule has 2 aromatic carbocycles. The Morgan fingerprint density at radius 2 is 1.92 bits per heavy atom. The Bertz CT molecular complexity index is 846. The summed E-state index contributed by atoms with van der Waals surface area (Å²) in [6.07, 6.45) is 3.95. The van der Waals surface area contributed by atoms with Gasteiger partial charge < -0.3 is 15.0 Å². The van der Waals surface area contributed by atoms with Gasteiger partial charge in [0.15, 0.2) is 0 Å². The number of likely N-dealkylation sites (tertiary alicyclic amines) is 1. The van der Waals surface area contributed by atoms with Crippen molar-refractivity contribution in [3.63, 3.8) is 0 Å². The van der Waals surface area contributed by atoms with E-state index in [1.807, 2.05) is 18.3 Å². The van der Waals surface area contributed by atoms with Crippen LogP contribution >= 0.6 is 0 Å². The quantitative estimate of drug-likeness (QED) is 0.743. The second-order valence-electron chi connectivity index (χ2n) is 7.29. The van der Waals surface area contributed by atoms with Crippen molar-refractivity contribution in [2.24, 2.45) is 0 Å². The highest BCUT2D eigenvalue weighted by Gasteiger charge is 2.23. The minimum atomic E-state index is -0.399. The number of rotatable bonds is 4. The Morgan fingerprint density at radius 1 is 1.12 bits per heavy atom. The number of hydrogen-bond donors (Lipinski definition) is 2. The first-order valence-electron chi connectivity index (χ1n) is 9.24. The van der Waals surface area contributed by atoms with Crippen LogP contribution in [-0.2, 0) is 0 Å². The van der Waals surface area contributed by atoms with Gasteiger partial charge in [-0.25, -0.2) is 0 Å². The topological polar surface area (TPSA) is 39.3 Å². The van der Waals surface area contributed by atoms with E-state index < -0.39 is 6.10 Å². The lowest BCUT2D eigenvalue weighted by Gasteiger charge is -2.33. The lowest BCUT2D eigenvalue weighted by atomic mass is 9.87. The first-order valence-corrected chi connectivity index (χ1v) is 9.24. The first-order chi connectivity index (χ1) is 12.2. The van der Waals surface area contributed by atoms with Crippen LogP contribution < -0.4 is 0 Å². The van der Waals surface area contributed by atoms with Crippen molar-refractivity contribution in [3.8, 4) is 0 Å². The molecular formula is C22H26N2O. The van der Waals surface area contributed by atoms with Crippen LogP contribution in [0.5, 0.6) is 0 Å². The summed E-state index contributed by atoms with van der Waals surface area (Å²) >= 11 is 0. The number of nitrogens with one attached hydrogen (secondary N) is 1. The maximum atomic E-state index is 10.5. The van der Waals surface area contributed by atoms with Crippen LogP contribution in [0.2, 0.25) is 0 Å². The molecule has 1 saturated heterocycles. The van der Waals surface area contributed by atoms with Gasteiger partial charge in [-0.05, 0) is 62.0 Å². The molecule has 1 aromatic heterocycles. The molecule has 4 rings (SSSR count). The van der Waals surface area contributed by atoms with Crippen LogP contribution in [0.4, 0.5) is 0 Å². The Hall–Kier alpha value is -2.10. The number of aryl methyl sites for hydroxylation is 1. The number of H-pyrrole nitrogens is 1. The van der Waals surface area contributed by atoms with Gasteiger partial charge in [0.1, 0.15) is 0 Å². The number of aliphatic hydroxyl groups is 1. The molecule has 0 amide bonds. The summed E-state index contributed by atoms with van der Waals surface area (Å²) in [7, 11) is 0. The minimum absolute atomic E-state index is 0.399. The molecule has 0 aliphatic carbocycles. The molecule has 2 heterocycles. The van der Waals surface area contributed by atoms with Crippen molar-refractivity contribution in [2.75, 3.05) is 19.6 Å². The summed E-state index contributed by atoms with van der Waals surface area (Å²) < 4.78 is 0. The molecular weight excluding hydrogens is 308 g/mol. The summed E-state index contributed by atoms with van der Waals surface area (Å²) in [6, 6.07) is 17.0. The zero-order valence-corrected chi connectivity index (χ0v) is 14.8. The smallest absolute Gasteiger partial charge is 0.0917 e. The lowest BCUT2D eigenvalue weighted by Crippen LogP contribution is -2.36. The Balaban J connectivity index is 1.39. The number of β-amino-alcohol motifs (C(OH)–C–C–N with tert-alkyl or cyclic N) is 1. The van der Waals surface area contributed by atoms with Crippen LogP contribution in [0.15, 0.2) is 54.7 Å². The molecule has 130 valence electrons. The molecule has 0 spiro atoms. The van der Waals surface area contributed by atoms with Gasteiger partial charge in [-0.2, -0.15) is 0 Å². The summed E-state index contributed by atoms with van der Waals surface area (Å²) in [5.74, 6) is 0.617. The van der Waals surface area contributed by atoms with Crippen LogP contribution in [-0.4, -0.2) is 34.6 Å². The van der Waals surface area contributed by atoms with Gasteiger partial charge in [0, 0.05) is 23.6 Å². The summed E-state index contributed by atoms with van der Waals surface area (Å²) in [5.41, 5.74) is 4.93. The number of benzene rings is 2. The monoisotopic (exact) mass is 334 g/mol. The van der Waals surface area contributed by atoms with Crippen LogP contribution in [0.3, 0.4) is 0 Å². The fourth-order valence-electron chi connectivity index (χ4n) is 4.12. The van der Waals surface area contributed by atoms with Gasteiger partial charge in [-0.1, -0.05) is 42.0 Å². The van der Waals surface area contributed by atoms with E-state index in [2.05, 4.69) is 53.2 Å². The van der Waals surface area contributed by atoms with Gasteiger partial charge in [-0.15, -0.1) is 0 Å². The maximum Gasteiger partial charge on any atom is 0.0917 e. The van der Waals surface area contributed by atoms with E-state index in [-0.39, 0.29) is 0 Å². The van der Waals surface area contributed by atoms with E-state index >= 15 is 0 Å². The van der Waals surface area contributed by atoms with Crippen molar-refractivity contribution in [1.29, 1.82) is 0 Å². The van der Waals surface area contributed by atoms with Gasteiger partial charge in [0.25, 0.3) is 0 Å². The normalized spacial score (nSPS) is 17.8. The average molecular weight is 334 g/mol. The fraction of sp³-hybridized carbons (Fsp3) is 0.364. The van der Waals surface area contributed by atoms with Crippen LogP contribution in [0.25, 0.3) is 10.9 Å². The highest BCUT2D eigenvalue weighted by molar-refractivity contribution is 5.83. The average Bonchev–Trinajstić information content (AvgIpc) is 3.11. The Morgan fingerprint density at radius 3 is 2.72 bits per heavy atom. The number of aromatic nitrogens is 1. The molecule has 25 heavy (non-hydrogen) atoms. The summed E-state index contributed by atoms with van der Waals surface area (Å²) in [5, 5.41) is 11.9. The molecule has 1 atom stereocenters.